The maximum absolute atomic E-state index is 14.1. The summed E-state index contributed by atoms with van der Waals surface area (Å²) < 4.78 is 16.1. The number of benzene rings is 2. The largest absolute Gasteiger partial charge is 0.506 e. The molecule has 0 fully saturated rings. The molecule has 2 aromatic carbocycles. The molecule has 1 aromatic heterocycles. The topological polar surface area (TPSA) is 133 Å². The van der Waals surface area contributed by atoms with Gasteiger partial charge in [-0.1, -0.05) is 37.3 Å². The highest BCUT2D eigenvalue weighted by Crippen LogP contribution is 2.30. The van der Waals surface area contributed by atoms with Crippen LogP contribution in [0.25, 0.3) is 5.70 Å². The van der Waals surface area contributed by atoms with Crippen LogP contribution in [-0.4, -0.2) is 37.1 Å². The van der Waals surface area contributed by atoms with E-state index >= 15 is 0 Å². The number of aryl methyl sites for hydroxylation is 1. The standard InChI is InChI=1S/C33H35FN6O4/c1-8-20(4)13-21(5)14-25(9-2)40-32(43)37-31(39(33(40)44)19-23-11-12-27(34)24(16-23)18-35)36-28-17-26(22(6)15-29(28)41)30(42)38(7)10-3/h9-17,41H,3,8,19H2,1-2,4-7H3,(H,36,37,43)/b20-13+,21-14-,25-9+. The third-order valence-electron chi connectivity index (χ3n) is 6.94. The molecular weight excluding hydrogens is 563 g/mol. The number of aromatic nitrogens is 3. The molecule has 0 saturated heterocycles. The number of hydrogen-bond donors (Lipinski definition) is 2. The van der Waals surface area contributed by atoms with Crippen molar-refractivity contribution in [3.05, 3.63) is 122 Å². The Hall–Kier alpha value is -5.50. The van der Waals surface area contributed by atoms with E-state index < -0.39 is 23.1 Å². The summed E-state index contributed by atoms with van der Waals surface area (Å²) in [5, 5.41) is 22.9. The van der Waals surface area contributed by atoms with Gasteiger partial charge in [-0.25, -0.2) is 18.5 Å². The summed E-state index contributed by atoms with van der Waals surface area (Å²) in [5.74, 6) is -1.62. The molecule has 0 aliphatic rings. The number of anilines is 2. The van der Waals surface area contributed by atoms with Crippen LogP contribution in [0.1, 0.15) is 61.2 Å². The third-order valence-corrected chi connectivity index (χ3v) is 6.94. The lowest BCUT2D eigenvalue weighted by Gasteiger charge is -2.19. The van der Waals surface area contributed by atoms with Crippen LogP contribution < -0.4 is 16.7 Å². The number of rotatable bonds is 10. The van der Waals surface area contributed by atoms with Gasteiger partial charge in [0.25, 0.3) is 5.91 Å². The highest BCUT2D eigenvalue weighted by atomic mass is 19.1. The zero-order valence-corrected chi connectivity index (χ0v) is 25.6. The van der Waals surface area contributed by atoms with Crippen molar-refractivity contribution in [3.63, 3.8) is 0 Å². The van der Waals surface area contributed by atoms with Crippen LogP contribution in [0.2, 0.25) is 0 Å². The van der Waals surface area contributed by atoms with E-state index in [1.807, 2.05) is 26.8 Å². The smallest absolute Gasteiger partial charge is 0.359 e. The highest BCUT2D eigenvalue weighted by Gasteiger charge is 2.20. The second-order valence-corrected chi connectivity index (χ2v) is 10.2. The van der Waals surface area contributed by atoms with Crippen molar-refractivity contribution < 1.29 is 14.3 Å². The monoisotopic (exact) mass is 598 g/mol. The zero-order valence-electron chi connectivity index (χ0n) is 25.6. The molecule has 11 heteroatoms. The number of allylic oxidation sites excluding steroid dienone is 6. The molecule has 3 aromatic rings. The number of amides is 1. The van der Waals surface area contributed by atoms with Crippen LogP contribution in [0.5, 0.6) is 5.75 Å². The Morgan fingerprint density at radius 1 is 1.23 bits per heavy atom. The lowest BCUT2D eigenvalue weighted by atomic mass is 10.1. The maximum Gasteiger partial charge on any atom is 0.359 e. The molecule has 0 bridgehead atoms. The van der Waals surface area contributed by atoms with E-state index in [4.69, 9.17) is 0 Å². The Morgan fingerprint density at radius 3 is 2.55 bits per heavy atom. The summed E-state index contributed by atoms with van der Waals surface area (Å²) in [4.78, 5) is 45.7. The van der Waals surface area contributed by atoms with Gasteiger partial charge in [0.1, 0.15) is 17.6 Å². The van der Waals surface area contributed by atoms with E-state index in [-0.39, 0.29) is 40.8 Å². The number of halogens is 1. The molecule has 1 heterocycles. The summed E-state index contributed by atoms with van der Waals surface area (Å²) in [6.45, 7) is 12.6. The van der Waals surface area contributed by atoms with Crippen LogP contribution in [-0.2, 0) is 6.54 Å². The van der Waals surface area contributed by atoms with Crippen molar-refractivity contribution >= 4 is 23.2 Å². The van der Waals surface area contributed by atoms with Crippen molar-refractivity contribution in [1.82, 2.24) is 19.0 Å². The van der Waals surface area contributed by atoms with Gasteiger partial charge < -0.3 is 15.3 Å². The minimum Gasteiger partial charge on any atom is -0.506 e. The lowest BCUT2D eigenvalue weighted by molar-refractivity contribution is 0.0850. The van der Waals surface area contributed by atoms with Crippen LogP contribution in [0.4, 0.5) is 16.0 Å². The van der Waals surface area contributed by atoms with E-state index in [2.05, 4.69) is 16.9 Å². The Bertz CT molecular complexity index is 1870. The van der Waals surface area contributed by atoms with Gasteiger partial charge >= 0.3 is 11.4 Å². The van der Waals surface area contributed by atoms with Crippen LogP contribution >= 0.6 is 0 Å². The number of nitrogens with one attached hydrogen (secondary N) is 1. The summed E-state index contributed by atoms with van der Waals surface area (Å²) >= 11 is 0. The first kappa shape index (κ1) is 33.0. The van der Waals surface area contributed by atoms with Crippen molar-refractivity contribution in [3.8, 4) is 11.8 Å². The molecule has 0 aliphatic carbocycles. The zero-order chi connectivity index (χ0) is 32.7. The summed E-state index contributed by atoms with van der Waals surface area (Å²) in [5.41, 5.74) is 1.40. The maximum atomic E-state index is 14.1. The molecule has 10 nitrogen and oxygen atoms in total. The molecule has 0 radical (unpaired) electrons. The first-order chi connectivity index (χ1) is 20.8. The van der Waals surface area contributed by atoms with Crippen molar-refractivity contribution in [1.29, 1.82) is 5.26 Å². The quantitative estimate of drug-likeness (QED) is 0.229. The Kier molecular flexibility index (Phi) is 10.6. The van der Waals surface area contributed by atoms with Gasteiger partial charge in [-0.05, 0) is 87.4 Å². The van der Waals surface area contributed by atoms with E-state index in [0.717, 1.165) is 32.8 Å². The number of nitrogens with zero attached hydrogens (tertiary/aromatic N) is 5. The normalized spacial score (nSPS) is 12.1. The van der Waals surface area contributed by atoms with E-state index in [9.17, 15) is 29.1 Å². The summed E-state index contributed by atoms with van der Waals surface area (Å²) in [6.07, 6.45) is 7.41. The van der Waals surface area contributed by atoms with Crippen molar-refractivity contribution in [2.45, 2.75) is 47.6 Å². The Balaban J connectivity index is 2.28. The van der Waals surface area contributed by atoms with Gasteiger partial charge in [-0.3, -0.25) is 9.36 Å². The number of phenols is 1. The van der Waals surface area contributed by atoms with Gasteiger partial charge in [-0.2, -0.15) is 10.2 Å². The van der Waals surface area contributed by atoms with Gasteiger partial charge in [0.05, 0.1) is 23.5 Å². The highest BCUT2D eigenvalue weighted by molar-refractivity contribution is 5.97. The van der Waals surface area contributed by atoms with Gasteiger partial charge in [-0.15, -0.1) is 0 Å². The van der Waals surface area contributed by atoms with Crippen molar-refractivity contribution in [2.75, 3.05) is 12.4 Å². The Morgan fingerprint density at radius 2 is 1.93 bits per heavy atom. The number of hydrogen-bond acceptors (Lipinski definition) is 7. The Labute approximate surface area is 255 Å². The molecule has 228 valence electrons. The van der Waals surface area contributed by atoms with Crippen LogP contribution in [0.3, 0.4) is 0 Å². The van der Waals surface area contributed by atoms with Gasteiger partial charge in [0.2, 0.25) is 5.95 Å². The van der Waals surface area contributed by atoms with Crippen LogP contribution in [0.15, 0.2) is 82.1 Å². The minimum atomic E-state index is -0.895. The fourth-order valence-electron chi connectivity index (χ4n) is 4.35. The lowest BCUT2D eigenvalue weighted by Crippen LogP contribution is -2.42. The average molecular weight is 599 g/mol. The van der Waals surface area contributed by atoms with Crippen molar-refractivity contribution in [2.24, 2.45) is 0 Å². The molecule has 44 heavy (non-hydrogen) atoms. The summed E-state index contributed by atoms with van der Waals surface area (Å²) in [7, 11) is 1.53. The van der Waals surface area contributed by atoms with E-state index in [0.29, 0.717) is 11.1 Å². The molecule has 3 rings (SSSR count). The molecule has 0 saturated carbocycles. The molecule has 0 atom stereocenters. The average Bonchev–Trinajstić information content (AvgIpc) is 2.99. The fourth-order valence-corrected chi connectivity index (χ4v) is 4.35. The number of carbonyl (C=O) groups is 1. The molecule has 0 unspecified atom stereocenters. The second kappa shape index (κ2) is 14.1. The van der Waals surface area contributed by atoms with E-state index in [1.54, 1.807) is 32.1 Å². The molecule has 0 spiro atoms. The summed E-state index contributed by atoms with van der Waals surface area (Å²) in [6, 6.07) is 8.34. The van der Waals surface area contributed by atoms with Crippen LogP contribution in [0, 0.1) is 24.1 Å². The van der Waals surface area contributed by atoms with Gasteiger partial charge in [0, 0.05) is 12.6 Å². The number of nitriles is 1. The molecule has 2 N–H and O–H groups in total. The molecule has 1 amide bonds. The van der Waals surface area contributed by atoms with Gasteiger partial charge in [0.15, 0.2) is 0 Å². The molecule has 0 aliphatic heterocycles. The molecular formula is C33H35FN6O4. The minimum absolute atomic E-state index is 0.00760. The predicted octanol–water partition coefficient (Wildman–Crippen LogP) is 5.60. The first-order valence-electron chi connectivity index (χ1n) is 13.8. The number of aromatic hydroxyl groups is 1. The fraction of sp³-hybridized carbons (Fsp3) is 0.242. The number of phenolic OH excluding ortho intramolecular Hbond substituents is 1. The van der Waals surface area contributed by atoms with E-state index in [1.165, 1.54) is 42.4 Å². The third kappa shape index (κ3) is 7.28. The SMILES string of the molecule is C=CN(C)C(=O)c1cc(Nc2nc(=O)n(C(/C=C(C)\C=C(/C)CC)=C/C)c(=O)n2Cc2ccc(F)c(C#N)c2)c(O)cc1C. The second-order valence-electron chi connectivity index (χ2n) is 10.2. The number of carbonyl (C=O) groups excluding carboxylic acids is 1. The first-order valence-corrected chi connectivity index (χ1v) is 13.8. The predicted molar refractivity (Wildman–Crippen MR) is 169 cm³/mol.